The van der Waals surface area contributed by atoms with E-state index in [1.807, 2.05) is 6.92 Å². The number of hydrogen-bond acceptors (Lipinski definition) is 1. The fraction of sp³-hybridized carbons (Fsp3) is 0.500. The minimum atomic E-state index is 0. The van der Waals surface area contributed by atoms with E-state index in [0.29, 0.717) is 0 Å². The Morgan fingerprint density at radius 3 is 1.48 bits per heavy atom. The van der Waals surface area contributed by atoms with Crippen molar-refractivity contribution in [2.24, 2.45) is 4.99 Å². The van der Waals surface area contributed by atoms with E-state index in [2.05, 4.69) is 92.5 Å². The second-order valence-corrected chi connectivity index (χ2v) is 5.45. The van der Waals surface area contributed by atoms with Gasteiger partial charge in [-0.15, -0.1) is 0 Å². The summed E-state index contributed by atoms with van der Waals surface area (Å²) >= 11 is 0. The predicted octanol–water partition coefficient (Wildman–Crippen LogP) is 5.58. The number of hydrogen-bond donors (Lipinski definition) is 0. The van der Waals surface area contributed by atoms with E-state index >= 15 is 0 Å². The minimum Gasteiger partial charge on any atom is -0.538 e. The molecule has 2 rings (SSSR count). The molecule has 0 radical (unpaired) electrons. The first-order valence-corrected chi connectivity index (χ1v) is 9.29. The zero-order chi connectivity index (χ0) is 18.0. The van der Waals surface area contributed by atoms with Crippen molar-refractivity contribution in [3.05, 3.63) is 59.7 Å². The number of aryl methyl sites for hydroxylation is 2. The van der Waals surface area contributed by atoms with Gasteiger partial charge in [-0.3, -0.25) is 6.34 Å². The Labute approximate surface area is 181 Å². The monoisotopic (exact) mass is 416 g/mol. The molecule has 0 aliphatic rings. The third kappa shape index (κ3) is 15.3. The Balaban J connectivity index is 0. The smallest absolute Gasteiger partial charge is 0.538 e. The molecule has 2 aromatic carbocycles. The van der Waals surface area contributed by atoms with Gasteiger partial charge >= 0.3 is 32.7 Å². The van der Waals surface area contributed by atoms with Crippen molar-refractivity contribution < 1.29 is 32.7 Å². The summed E-state index contributed by atoms with van der Waals surface area (Å²) in [6.45, 7) is 13.5. The van der Waals surface area contributed by atoms with Crippen LogP contribution in [0.2, 0.25) is 0 Å². The van der Waals surface area contributed by atoms with Crippen LogP contribution in [0, 0.1) is 0 Å². The second-order valence-electron chi connectivity index (χ2n) is 5.45. The van der Waals surface area contributed by atoms with Crippen LogP contribution in [0.4, 0.5) is 0 Å². The normalized spacial score (nSPS) is 9.48. The Bertz CT molecular complexity index is 438. The topological polar surface area (TPSA) is 15.6 Å². The molecule has 0 N–H and O–H groups in total. The molecule has 0 unspecified atom stereocenters. The predicted molar refractivity (Wildman–Crippen MR) is 108 cm³/mol. The van der Waals surface area contributed by atoms with Crippen molar-refractivity contribution in [1.29, 1.82) is 0 Å². The Morgan fingerprint density at radius 1 is 0.800 bits per heavy atom. The minimum absolute atomic E-state index is 0. The molecule has 0 saturated heterocycles. The maximum Gasteiger partial charge on any atom is 3.00 e. The van der Waals surface area contributed by atoms with E-state index in [1.165, 1.54) is 17.5 Å². The molecule has 0 saturated carbocycles. The van der Waals surface area contributed by atoms with Gasteiger partial charge in [0.2, 0.25) is 0 Å². The van der Waals surface area contributed by atoms with Crippen LogP contribution in [-0.2, 0) is 45.6 Å². The number of rotatable bonds is 7. The average molecular weight is 416 g/mol. The summed E-state index contributed by atoms with van der Waals surface area (Å²) < 4.78 is 0. The molecule has 2 aromatic rings. The van der Waals surface area contributed by atoms with Crippen molar-refractivity contribution in [2.75, 3.05) is 19.6 Å². The summed E-state index contributed by atoms with van der Waals surface area (Å²) in [5.74, 6) is 0. The van der Waals surface area contributed by atoms with Crippen molar-refractivity contribution in [3.8, 4) is 0 Å². The molecule has 0 fully saturated rings. The van der Waals surface area contributed by atoms with Gasteiger partial charge in [-0.05, 0) is 33.0 Å². The Hall–Kier alpha value is -0.726. The molecule has 2 nitrogen and oxygen atoms in total. The summed E-state index contributed by atoms with van der Waals surface area (Å²) in [4.78, 5) is 6.14. The summed E-state index contributed by atoms with van der Waals surface area (Å²) in [6.07, 6.45) is 6.46. The van der Waals surface area contributed by atoms with Crippen LogP contribution in [0.3, 0.4) is 0 Å². The average Bonchev–Trinajstić information content (AvgIpc) is 3.33. The van der Waals surface area contributed by atoms with Crippen LogP contribution < -0.4 is 0 Å². The zero-order valence-electron chi connectivity index (χ0n) is 16.8. The van der Waals surface area contributed by atoms with Gasteiger partial charge in [0.1, 0.15) is 0 Å². The molecule has 136 valence electrons. The molecule has 0 spiro atoms. The van der Waals surface area contributed by atoms with Crippen LogP contribution in [-0.4, -0.2) is 30.9 Å². The van der Waals surface area contributed by atoms with Gasteiger partial charge in [0.05, 0.1) is 0 Å². The van der Waals surface area contributed by atoms with Crippen LogP contribution in [0.15, 0.2) is 53.5 Å². The summed E-state index contributed by atoms with van der Waals surface area (Å²) in [5, 5.41) is 0. The summed E-state index contributed by atoms with van der Waals surface area (Å²) in [5.41, 5.74) is 2.86. The molecule has 0 atom stereocenters. The maximum atomic E-state index is 4.04. The zero-order valence-corrected chi connectivity index (χ0v) is 19.7. The molecule has 0 aliphatic heterocycles. The molecule has 3 heteroatoms. The molecule has 25 heavy (non-hydrogen) atoms. The molecular weight excluding hydrogens is 381 g/mol. The van der Waals surface area contributed by atoms with Gasteiger partial charge in [0.25, 0.3) is 0 Å². The standard InChI is InChI=1S/C8H17N2.2C7H9.Y/c1-4-7-10(6-3)8-9-5-2;2*1-2-7-5-3-4-6-7;/h4-7H2,1-3H3;2*3-6H,2H2,1H3;/q3*-1;+3. The molecule has 0 aromatic heterocycles. The van der Waals surface area contributed by atoms with E-state index in [1.54, 1.807) is 0 Å². The van der Waals surface area contributed by atoms with Crippen LogP contribution in [0.5, 0.6) is 0 Å². The van der Waals surface area contributed by atoms with E-state index < -0.39 is 0 Å². The van der Waals surface area contributed by atoms with Gasteiger partial charge in [-0.2, -0.15) is 35.4 Å². The molecule has 0 amide bonds. The van der Waals surface area contributed by atoms with Crippen LogP contribution in [0.25, 0.3) is 0 Å². The second kappa shape index (κ2) is 19.6. The van der Waals surface area contributed by atoms with Gasteiger partial charge < -0.3 is 9.89 Å². The van der Waals surface area contributed by atoms with Gasteiger partial charge in [-0.25, -0.2) is 24.3 Å². The Kier molecular flexibility index (Phi) is 20.8. The van der Waals surface area contributed by atoms with E-state index in [0.717, 1.165) is 32.5 Å². The van der Waals surface area contributed by atoms with Gasteiger partial charge in [-0.1, -0.05) is 40.5 Å². The fourth-order valence-corrected chi connectivity index (χ4v) is 2.02. The molecule has 0 aliphatic carbocycles. The number of aliphatic imine (C=N–C) groups is 1. The van der Waals surface area contributed by atoms with Gasteiger partial charge in [0, 0.05) is 0 Å². The van der Waals surface area contributed by atoms with Crippen molar-refractivity contribution in [2.45, 2.75) is 53.9 Å². The molecular formula is C22H35N2Y. The molecule has 0 bridgehead atoms. The fourth-order valence-electron chi connectivity index (χ4n) is 2.02. The van der Waals surface area contributed by atoms with Crippen LogP contribution in [0.1, 0.15) is 52.2 Å². The third-order valence-electron chi connectivity index (χ3n) is 3.53. The first kappa shape index (κ1) is 26.5. The first-order chi connectivity index (χ1) is 11.7. The summed E-state index contributed by atoms with van der Waals surface area (Å²) in [6, 6.07) is 16.8. The summed E-state index contributed by atoms with van der Waals surface area (Å²) in [7, 11) is 0. The maximum absolute atomic E-state index is 4.04. The van der Waals surface area contributed by atoms with E-state index in [4.69, 9.17) is 0 Å². The van der Waals surface area contributed by atoms with E-state index in [9.17, 15) is 0 Å². The quantitative estimate of drug-likeness (QED) is 0.249. The van der Waals surface area contributed by atoms with Crippen molar-refractivity contribution >= 4 is 6.34 Å². The third-order valence-corrected chi connectivity index (χ3v) is 3.53. The van der Waals surface area contributed by atoms with Crippen LogP contribution >= 0.6 is 0 Å². The molecule has 0 heterocycles. The van der Waals surface area contributed by atoms with E-state index in [-0.39, 0.29) is 32.7 Å². The van der Waals surface area contributed by atoms with Crippen molar-refractivity contribution in [1.82, 2.24) is 4.90 Å². The number of nitrogens with zero attached hydrogens (tertiary/aromatic N) is 2. The largest absolute Gasteiger partial charge is 3.00 e. The van der Waals surface area contributed by atoms with Crippen molar-refractivity contribution in [3.63, 3.8) is 0 Å². The Morgan fingerprint density at radius 2 is 1.24 bits per heavy atom. The van der Waals surface area contributed by atoms with Gasteiger partial charge in [0.15, 0.2) is 0 Å². The SMILES string of the molecule is CCCN([C-]=NCC)CC.CC[c-]1cccc1.CC[c-]1cccc1.[Y+3]. The first-order valence-electron chi connectivity index (χ1n) is 9.29.